The lowest BCUT2D eigenvalue weighted by Gasteiger charge is -2.06. The van der Waals surface area contributed by atoms with Crippen LogP contribution in [-0.4, -0.2) is 6.04 Å². The Hall–Kier alpha value is -1.12. The third kappa shape index (κ3) is 2.59. The molecule has 1 nitrogen and oxygen atoms in total. The predicted octanol–water partition coefficient (Wildman–Crippen LogP) is 3.98. The molecule has 1 aliphatic carbocycles. The lowest BCUT2D eigenvalue weighted by Crippen LogP contribution is -2.15. The van der Waals surface area contributed by atoms with Gasteiger partial charge in [-0.3, -0.25) is 0 Å². The molecular weight excluding hydrogens is 226 g/mol. The van der Waals surface area contributed by atoms with E-state index in [4.69, 9.17) is 0 Å². The van der Waals surface area contributed by atoms with Crippen molar-refractivity contribution in [1.82, 2.24) is 5.32 Å². The molecule has 0 bridgehead atoms. The summed E-state index contributed by atoms with van der Waals surface area (Å²) in [6.07, 6.45) is 2.70. The first kappa shape index (κ1) is 11.0. The second-order valence-corrected chi connectivity index (χ2v) is 5.58. The molecule has 0 atom stereocenters. The molecule has 0 amide bonds. The maximum atomic E-state index is 3.59. The highest BCUT2D eigenvalue weighted by molar-refractivity contribution is 7.08. The van der Waals surface area contributed by atoms with Gasteiger partial charge in [0, 0.05) is 12.6 Å². The minimum Gasteiger partial charge on any atom is -0.310 e. The van der Waals surface area contributed by atoms with Crippen molar-refractivity contribution in [1.29, 1.82) is 0 Å². The van der Waals surface area contributed by atoms with E-state index < -0.39 is 0 Å². The largest absolute Gasteiger partial charge is 0.310 e. The van der Waals surface area contributed by atoms with Crippen molar-refractivity contribution in [2.45, 2.75) is 32.4 Å². The monoisotopic (exact) mass is 243 g/mol. The fourth-order valence-electron chi connectivity index (χ4n) is 2.07. The number of rotatable bonds is 4. The topological polar surface area (TPSA) is 12.0 Å². The first-order valence-electron chi connectivity index (χ1n) is 6.18. The van der Waals surface area contributed by atoms with E-state index in [1.807, 2.05) is 0 Å². The van der Waals surface area contributed by atoms with Crippen molar-refractivity contribution >= 4 is 11.3 Å². The molecule has 1 heterocycles. The number of thiophene rings is 1. The molecule has 17 heavy (non-hydrogen) atoms. The Morgan fingerprint density at radius 3 is 2.94 bits per heavy atom. The molecule has 2 heteroatoms. The highest BCUT2D eigenvalue weighted by Gasteiger charge is 2.20. The fourth-order valence-corrected chi connectivity index (χ4v) is 2.93. The van der Waals surface area contributed by atoms with E-state index in [0.29, 0.717) is 0 Å². The first-order chi connectivity index (χ1) is 8.33. The summed E-state index contributed by atoms with van der Waals surface area (Å²) in [4.78, 5) is 0. The van der Waals surface area contributed by atoms with Gasteiger partial charge < -0.3 is 5.32 Å². The molecule has 1 aliphatic rings. The summed E-state index contributed by atoms with van der Waals surface area (Å²) in [5.74, 6) is 0. The average molecular weight is 243 g/mol. The normalized spacial score (nSPS) is 15.1. The molecular formula is C15H17NS. The van der Waals surface area contributed by atoms with Crippen molar-refractivity contribution in [3.8, 4) is 11.1 Å². The van der Waals surface area contributed by atoms with Gasteiger partial charge in [0.2, 0.25) is 0 Å². The minimum atomic E-state index is 0.778. The van der Waals surface area contributed by atoms with Crippen molar-refractivity contribution in [2.75, 3.05) is 0 Å². The van der Waals surface area contributed by atoms with Gasteiger partial charge in [-0.15, -0.1) is 0 Å². The predicted molar refractivity (Wildman–Crippen MR) is 74.4 cm³/mol. The maximum absolute atomic E-state index is 3.59. The van der Waals surface area contributed by atoms with E-state index in [1.54, 1.807) is 11.3 Å². The Morgan fingerprint density at radius 2 is 2.18 bits per heavy atom. The van der Waals surface area contributed by atoms with Crippen LogP contribution < -0.4 is 5.32 Å². The summed E-state index contributed by atoms with van der Waals surface area (Å²) in [5.41, 5.74) is 5.51. The molecule has 0 saturated heterocycles. The number of hydrogen-bond donors (Lipinski definition) is 1. The molecule has 88 valence electrons. The van der Waals surface area contributed by atoms with Crippen LogP contribution in [0.4, 0.5) is 0 Å². The van der Waals surface area contributed by atoms with E-state index in [2.05, 4.69) is 47.3 Å². The van der Waals surface area contributed by atoms with Crippen LogP contribution in [0.5, 0.6) is 0 Å². The van der Waals surface area contributed by atoms with E-state index in [-0.39, 0.29) is 0 Å². The van der Waals surface area contributed by atoms with Gasteiger partial charge in [0.1, 0.15) is 0 Å². The lowest BCUT2D eigenvalue weighted by atomic mass is 10.0. The average Bonchev–Trinajstić information content (AvgIpc) is 3.04. The van der Waals surface area contributed by atoms with Crippen LogP contribution in [-0.2, 0) is 6.54 Å². The Kier molecular flexibility index (Phi) is 3.00. The second-order valence-electron chi connectivity index (χ2n) is 4.84. The molecule has 0 spiro atoms. The van der Waals surface area contributed by atoms with Crippen LogP contribution in [0.25, 0.3) is 11.1 Å². The van der Waals surface area contributed by atoms with Gasteiger partial charge >= 0.3 is 0 Å². The maximum Gasteiger partial charge on any atom is 0.0222 e. The SMILES string of the molecule is Cc1cccc(-c2cscc2CNC2CC2)c1. The number of hydrogen-bond acceptors (Lipinski definition) is 2. The van der Waals surface area contributed by atoms with Gasteiger partial charge in [0.25, 0.3) is 0 Å². The van der Waals surface area contributed by atoms with Crippen LogP contribution in [0.1, 0.15) is 24.0 Å². The quantitative estimate of drug-likeness (QED) is 0.856. The van der Waals surface area contributed by atoms with Gasteiger partial charge in [-0.2, -0.15) is 11.3 Å². The van der Waals surface area contributed by atoms with Crippen LogP contribution in [0, 0.1) is 6.92 Å². The standard InChI is InChI=1S/C15H17NS/c1-11-3-2-4-12(7-11)15-10-17-9-13(15)8-16-14-5-6-14/h2-4,7,9-10,14,16H,5-6,8H2,1H3. The highest BCUT2D eigenvalue weighted by Crippen LogP contribution is 2.29. The molecule has 1 N–H and O–H groups in total. The van der Waals surface area contributed by atoms with Gasteiger partial charge in [-0.05, 0) is 47.2 Å². The molecule has 0 radical (unpaired) electrons. The van der Waals surface area contributed by atoms with Gasteiger partial charge in [0.05, 0.1) is 0 Å². The summed E-state index contributed by atoms with van der Waals surface area (Å²) >= 11 is 1.80. The molecule has 0 unspecified atom stereocenters. The zero-order valence-electron chi connectivity index (χ0n) is 10.1. The van der Waals surface area contributed by atoms with Gasteiger partial charge in [0.15, 0.2) is 0 Å². The second kappa shape index (κ2) is 4.63. The summed E-state index contributed by atoms with van der Waals surface area (Å²) in [6, 6.07) is 9.54. The Bertz CT molecular complexity index is 511. The number of aryl methyl sites for hydroxylation is 1. The van der Waals surface area contributed by atoms with Crippen LogP contribution in [0.2, 0.25) is 0 Å². The van der Waals surface area contributed by atoms with Gasteiger partial charge in [-0.25, -0.2) is 0 Å². The van der Waals surface area contributed by atoms with E-state index in [1.165, 1.54) is 35.1 Å². The molecule has 2 aromatic rings. The molecule has 1 aromatic heterocycles. The van der Waals surface area contributed by atoms with Crippen molar-refractivity contribution < 1.29 is 0 Å². The Morgan fingerprint density at radius 1 is 1.29 bits per heavy atom. The first-order valence-corrected chi connectivity index (χ1v) is 7.13. The minimum absolute atomic E-state index is 0.778. The highest BCUT2D eigenvalue weighted by atomic mass is 32.1. The van der Waals surface area contributed by atoms with Crippen LogP contribution in [0.3, 0.4) is 0 Å². The zero-order chi connectivity index (χ0) is 11.7. The number of nitrogens with one attached hydrogen (secondary N) is 1. The van der Waals surface area contributed by atoms with Crippen molar-refractivity contribution in [3.63, 3.8) is 0 Å². The summed E-state index contributed by atoms with van der Waals surface area (Å²) in [7, 11) is 0. The molecule has 0 aliphatic heterocycles. The third-order valence-corrected chi connectivity index (χ3v) is 4.02. The van der Waals surface area contributed by atoms with E-state index >= 15 is 0 Å². The van der Waals surface area contributed by atoms with Gasteiger partial charge in [-0.1, -0.05) is 29.8 Å². The van der Waals surface area contributed by atoms with Crippen molar-refractivity contribution in [3.05, 3.63) is 46.2 Å². The molecule has 3 rings (SSSR count). The summed E-state index contributed by atoms with van der Waals surface area (Å²) < 4.78 is 0. The smallest absolute Gasteiger partial charge is 0.0222 e. The van der Waals surface area contributed by atoms with E-state index in [9.17, 15) is 0 Å². The molecule has 1 fully saturated rings. The lowest BCUT2D eigenvalue weighted by molar-refractivity contribution is 0.690. The van der Waals surface area contributed by atoms with Crippen LogP contribution >= 0.6 is 11.3 Å². The number of benzene rings is 1. The Labute approximate surface area is 106 Å². The van der Waals surface area contributed by atoms with E-state index in [0.717, 1.165) is 12.6 Å². The fraction of sp³-hybridized carbons (Fsp3) is 0.333. The van der Waals surface area contributed by atoms with Crippen molar-refractivity contribution in [2.24, 2.45) is 0 Å². The summed E-state index contributed by atoms with van der Waals surface area (Å²) in [5, 5.41) is 8.12. The third-order valence-electron chi connectivity index (χ3n) is 3.23. The molecule has 1 saturated carbocycles. The molecule has 1 aromatic carbocycles. The Balaban J connectivity index is 1.83. The van der Waals surface area contributed by atoms with Crippen LogP contribution in [0.15, 0.2) is 35.0 Å². The zero-order valence-corrected chi connectivity index (χ0v) is 10.9. The summed E-state index contributed by atoms with van der Waals surface area (Å²) in [6.45, 7) is 3.16.